The molecule has 0 aromatic heterocycles. The maximum Gasteiger partial charge on any atom is 0.472 e. The van der Waals surface area contributed by atoms with Crippen LogP contribution >= 0.6 is 7.82 Å². The first-order valence-corrected chi connectivity index (χ1v) is 28.0. The Kier molecular flexibility index (Phi) is 47.7. The lowest BCUT2D eigenvalue weighted by Crippen LogP contribution is -2.29. The van der Waals surface area contributed by atoms with E-state index in [0.717, 1.165) is 32.1 Å². The highest BCUT2D eigenvalue weighted by molar-refractivity contribution is 7.47. The summed E-state index contributed by atoms with van der Waals surface area (Å²) in [5.41, 5.74) is 5.37. The summed E-state index contributed by atoms with van der Waals surface area (Å²) in [6.45, 7) is 3.81. The third kappa shape index (κ3) is 48.3. The number of carbonyl (C=O) groups excluding carboxylic acids is 2. The van der Waals surface area contributed by atoms with E-state index in [1.807, 2.05) is 0 Å². The lowest BCUT2D eigenvalue weighted by atomic mass is 10.0. The summed E-state index contributed by atoms with van der Waals surface area (Å²) in [6, 6.07) is 0. The minimum Gasteiger partial charge on any atom is -0.462 e. The first-order chi connectivity index (χ1) is 29.8. The van der Waals surface area contributed by atoms with E-state index in [4.69, 9.17) is 24.3 Å². The molecule has 364 valence electrons. The van der Waals surface area contributed by atoms with Crippen LogP contribution in [-0.2, 0) is 32.7 Å². The number of hydrogen-bond donors (Lipinski definition) is 2. The zero-order valence-electron chi connectivity index (χ0n) is 40.4. The number of phosphoric ester groups is 1. The molecule has 0 radical (unpaired) electrons. The standard InChI is InChI=1S/C51H102NO8P/c1-3-5-7-9-11-13-15-17-19-21-23-24-26-28-30-32-34-36-38-40-42-44-51(54)60-49(48-59-61(55,56)58-46-45-52)47-57-50(53)43-41-39-37-35-33-31-29-27-25-22-20-18-16-14-12-10-8-6-4-2/h49H,3-48,52H2,1-2H3,(H,55,56). The van der Waals surface area contributed by atoms with E-state index in [-0.39, 0.29) is 38.6 Å². The lowest BCUT2D eigenvalue weighted by Gasteiger charge is -2.19. The molecule has 0 aliphatic rings. The number of unbranched alkanes of at least 4 members (excludes halogenated alkanes) is 38. The van der Waals surface area contributed by atoms with Crippen molar-refractivity contribution >= 4 is 19.8 Å². The number of ether oxygens (including phenoxy) is 2. The van der Waals surface area contributed by atoms with Gasteiger partial charge in [0.05, 0.1) is 13.2 Å². The Hall–Kier alpha value is -0.990. The van der Waals surface area contributed by atoms with Crippen LogP contribution in [0.1, 0.15) is 284 Å². The Morgan fingerprint density at radius 2 is 0.705 bits per heavy atom. The molecule has 0 spiro atoms. The highest BCUT2D eigenvalue weighted by Gasteiger charge is 2.26. The fourth-order valence-electron chi connectivity index (χ4n) is 8.05. The Bertz CT molecular complexity index is 969. The molecule has 0 bridgehead atoms. The quantitative estimate of drug-likeness (QED) is 0.0348. The Morgan fingerprint density at radius 1 is 0.426 bits per heavy atom. The Morgan fingerprint density at radius 3 is 1.00 bits per heavy atom. The molecule has 9 nitrogen and oxygen atoms in total. The third-order valence-corrected chi connectivity index (χ3v) is 13.0. The van der Waals surface area contributed by atoms with E-state index in [9.17, 15) is 19.0 Å². The van der Waals surface area contributed by atoms with E-state index >= 15 is 0 Å². The van der Waals surface area contributed by atoms with E-state index < -0.39 is 26.5 Å². The van der Waals surface area contributed by atoms with Crippen molar-refractivity contribution < 1.29 is 37.6 Å². The molecular formula is C51H102NO8P. The van der Waals surface area contributed by atoms with Crippen molar-refractivity contribution in [1.82, 2.24) is 0 Å². The molecule has 2 atom stereocenters. The number of esters is 2. The molecule has 0 aromatic carbocycles. The van der Waals surface area contributed by atoms with Crippen LogP contribution in [0.25, 0.3) is 0 Å². The van der Waals surface area contributed by atoms with Gasteiger partial charge in [-0.25, -0.2) is 4.57 Å². The fourth-order valence-corrected chi connectivity index (χ4v) is 8.82. The Labute approximate surface area is 377 Å². The van der Waals surface area contributed by atoms with Crippen LogP contribution in [0.3, 0.4) is 0 Å². The first kappa shape index (κ1) is 60.0. The molecule has 0 saturated carbocycles. The van der Waals surface area contributed by atoms with Crippen molar-refractivity contribution in [3.8, 4) is 0 Å². The van der Waals surface area contributed by atoms with Gasteiger partial charge < -0.3 is 20.1 Å². The highest BCUT2D eigenvalue weighted by Crippen LogP contribution is 2.43. The topological polar surface area (TPSA) is 134 Å². The van der Waals surface area contributed by atoms with Crippen molar-refractivity contribution in [3.63, 3.8) is 0 Å². The van der Waals surface area contributed by atoms with E-state index in [1.54, 1.807) is 0 Å². The Balaban J connectivity index is 3.97. The summed E-state index contributed by atoms with van der Waals surface area (Å²) in [6.07, 6.45) is 51.4. The number of nitrogens with two attached hydrogens (primary N) is 1. The molecular weight excluding hydrogens is 786 g/mol. The third-order valence-electron chi connectivity index (χ3n) is 12.0. The summed E-state index contributed by atoms with van der Waals surface area (Å²) in [7, 11) is -4.37. The first-order valence-electron chi connectivity index (χ1n) is 26.5. The molecule has 0 aliphatic carbocycles. The van der Waals surface area contributed by atoms with Gasteiger partial charge in [-0.15, -0.1) is 0 Å². The fraction of sp³-hybridized carbons (Fsp3) is 0.961. The average Bonchev–Trinajstić information content (AvgIpc) is 3.25. The summed E-state index contributed by atoms with van der Waals surface area (Å²) in [5.74, 6) is -0.805. The maximum absolute atomic E-state index is 12.7. The van der Waals surface area contributed by atoms with Gasteiger partial charge in [0, 0.05) is 19.4 Å². The smallest absolute Gasteiger partial charge is 0.462 e. The monoisotopic (exact) mass is 888 g/mol. The lowest BCUT2D eigenvalue weighted by molar-refractivity contribution is -0.161. The van der Waals surface area contributed by atoms with Gasteiger partial charge in [-0.2, -0.15) is 0 Å². The second-order valence-corrected chi connectivity index (χ2v) is 19.6. The van der Waals surface area contributed by atoms with Crippen LogP contribution in [0, 0.1) is 0 Å². The molecule has 0 saturated heterocycles. The number of phosphoric acid groups is 1. The van der Waals surface area contributed by atoms with Crippen LogP contribution in [0.4, 0.5) is 0 Å². The zero-order valence-corrected chi connectivity index (χ0v) is 41.3. The van der Waals surface area contributed by atoms with Crippen molar-refractivity contribution in [3.05, 3.63) is 0 Å². The largest absolute Gasteiger partial charge is 0.472 e. The van der Waals surface area contributed by atoms with Crippen LogP contribution in [-0.4, -0.2) is 49.3 Å². The second-order valence-electron chi connectivity index (χ2n) is 18.1. The molecule has 0 fully saturated rings. The minimum atomic E-state index is -4.37. The number of rotatable bonds is 51. The minimum absolute atomic E-state index is 0.0585. The van der Waals surface area contributed by atoms with Crippen LogP contribution < -0.4 is 5.73 Å². The van der Waals surface area contributed by atoms with Gasteiger partial charge in [-0.05, 0) is 12.8 Å². The highest BCUT2D eigenvalue weighted by atomic mass is 31.2. The molecule has 0 amide bonds. The molecule has 0 rings (SSSR count). The van der Waals surface area contributed by atoms with E-state index in [2.05, 4.69) is 13.8 Å². The van der Waals surface area contributed by atoms with Gasteiger partial charge in [0.15, 0.2) is 6.10 Å². The number of carbonyl (C=O) groups is 2. The predicted molar refractivity (Wildman–Crippen MR) is 257 cm³/mol. The molecule has 0 aromatic rings. The van der Waals surface area contributed by atoms with Gasteiger partial charge in [-0.3, -0.25) is 18.6 Å². The van der Waals surface area contributed by atoms with Gasteiger partial charge in [0.25, 0.3) is 0 Å². The summed E-state index contributed by atoms with van der Waals surface area (Å²) in [4.78, 5) is 35.1. The molecule has 2 unspecified atom stereocenters. The predicted octanol–water partition coefficient (Wildman–Crippen LogP) is 16.0. The van der Waals surface area contributed by atoms with Gasteiger partial charge in [0.1, 0.15) is 6.61 Å². The van der Waals surface area contributed by atoms with Gasteiger partial charge >= 0.3 is 19.8 Å². The van der Waals surface area contributed by atoms with Gasteiger partial charge in [-0.1, -0.05) is 258 Å². The molecule has 0 aliphatic heterocycles. The summed E-state index contributed by atoms with van der Waals surface area (Å²) >= 11 is 0. The summed E-state index contributed by atoms with van der Waals surface area (Å²) in [5, 5.41) is 0. The molecule has 10 heteroatoms. The van der Waals surface area contributed by atoms with E-state index in [1.165, 1.54) is 218 Å². The van der Waals surface area contributed by atoms with Crippen LogP contribution in [0.5, 0.6) is 0 Å². The van der Waals surface area contributed by atoms with Crippen molar-refractivity contribution in [2.45, 2.75) is 290 Å². The van der Waals surface area contributed by atoms with Crippen LogP contribution in [0.15, 0.2) is 0 Å². The molecule has 0 heterocycles. The van der Waals surface area contributed by atoms with E-state index in [0.29, 0.717) is 6.42 Å². The zero-order chi connectivity index (χ0) is 44.6. The van der Waals surface area contributed by atoms with Crippen LogP contribution in [0.2, 0.25) is 0 Å². The number of hydrogen-bond acceptors (Lipinski definition) is 8. The van der Waals surface area contributed by atoms with Crippen molar-refractivity contribution in [2.24, 2.45) is 5.73 Å². The summed E-state index contributed by atoms with van der Waals surface area (Å²) < 4.78 is 33.0. The maximum atomic E-state index is 12.7. The van der Waals surface area contributed by atoms with Gasteiger partial charge in [0.2, 0.25) is 0 Å². The molecule has 3 N–H and O–H groups in total. The normalized spacial score (nSPS) is 13.0. The average molecular weight is 888 g/mol. The van der Waals surface area contributed by atoms with Crippen molar-refractivity contribution in [2.75, 3.05) is 26.4 Å². The molecule has 61 heavy (non-hydrogen) atoms. The SMILES string of the molecule is CCCCCCCCCCCCCCCCCCCCCCCC(=O)OC(COC(=O)CCCCCCCCCCCCCCCCCCCCC)COP(=O)(O)OCCN. The van der Waals surface area contributed by atoms with Crippen molar-refractivity contribution in [1.29, 1.82) is 0 Å². The second kappa shape index (κ2) is 48.5.